The third-order valence-electron chi connectivity index (χ3n) is 4.78. The summed E-state index contributed by atoms with van der Waals surface area (Å²) >= 11 is 1.30. The molecule has 0 bridgehead atoms. The molecule has 0 fully saturated rings. The first-order valence-electron chi connectivity index (χ1n) is 10.3. The van der Waals surface area contributed by atoms with Gasteiger partial charge in [0.1, 0.15) is 11.0 Å². The van der Waals surface area contributed by atoms with Crippen molar-refractivity contribution in [3.8, 4) is 17.0 Å². The predicted octanol–water partition coefficient (Wildman–Crippen LogP) is 5.13. The number of amides is 1. The number of benzene rings is 3. The summed E-state index contributed by atoms with van der Waals surface area (Å²) in [5, 5.41) is 3.00. The zero-order valence-corrected chi connectivity index (χ0v) is 18.5. The molecule has 0 radical (unpaired) electrons. The molecule has 0 saturated carbocycles. The highest BCUT2D eigenvalue weighted by atomic mass is 32.2. The van der Waals surface area contributed by atoms with Crippen LogP contribution in [0.5, 0.6) is 5.75 Å². The molecule has 3 aromatic carbocycles. The van der Waals surface area contributed by atoms with Gasteiger partial charge in [-0.25, -0.2) is 9.66 Å². The van der Waals surface area contributed by atoms with E-state index in [-0.39, 0.29) is 5.91 Å². The normalized spacial score (nSPS) is 11.7. The number of anilines is 1. The molecule has 0 aliphatic heterocycles. The smallest absolute Gasteiger partial charge is 0.242 e. The van der Waals surface area contributed by atoms with Gasteiger partial charge in [0.25, 0.3) is 0 Å². The van der Waals surface area contributed by atoms with E-state index in [0.717, 1.165) is 16.8 Å². The number of carbonyl (C=O) groups is 1. The number of nitrogens with one attached hydrogen (secondary N) is 1. The maximum Gasteiger partial charge on any atom is 0.242 e. The summed E-state index contributed by atoms with van der Waals surface area (Å²) in [6, 6.07) is 26.8. The number of rotatable bonds is 8. The summed E-state index contributed by atoms with van der Waals surface area (Å²) in [4.78, 5) is 18.1. The Morgan fingerprint density at radius 1 is 1.03 bits per heavy atom. The number of aromatic nitrogens is 2. The van der Waals surface area contributed by atoms with Crippen LogP contribution in [-0.2, 0) is 4.79 Å². The van der Waals surface area contributed by atoms with Crippen LogP contribution in [0.1, 0.15) is 17.7 Å². The molecule has 0 saturated heterocycles. The quantitative estimate of drug-likeness (QED) is 0.291. The van der Waals surface area contributed by atoms with Gasteiger partial charge in [0.2, 0.25) is 5.91 Å². The van der Waals surface area contributed by atoms with Crippen LogP contribution in [0.15, 0.2) is 96.3 Å². The molecule has 1 amide bonds. The van der Waals surface area contributed by atoms with Crippen LogP contribution in [0.25, 0.3) is 11.3 Å². The van der Waals surface area contributed by atoms with Crippen molar-refractivity contribution in [3.05, 3.63) is 96.7 Å². The van der Waals surface area contributed by atoms with Gasteiger partial charge in [0.05, 0.1) is 24.2 Å². The van der Waals surface area contributed by atoms with E-state index in [4.69, 9.17) is 10.6 Å². The maximum atomic E-state index is 13.4. The third kappa shape index (κ3) is 4.95. The lowest BCUT2D eigenvalue weighted by Crippen LogP contribution is -2.20. The molecule has 0 aliphatic carbocycles. The Morgan fingerprint density at radius 3 is 2.41 bits per heavy atom. The SMILES string of the molecule is CCOc1ccccc1NC(=O)C(Sc1nc(-c2ccccc2)cn1N)c1ccccc1. The van der Waals surface area contributed by atoms with Crippen LogP contribution in [0, 0.1) is 0 Å². The second-order valence-electron chi connectivity index (χ2n) is 7.01. The van der Waals surface area contributed by atoms with Gasteiger partial charge >= 0.3 is 0 Å². The molecule has 32 heavy (non-hydrogen) atoms. The predicted molar refractivity (Wildman–Crippen MR) is 129 cm³/mol. The number of hydrogen-bond donors (Lipinski definition) is 2. The lowest BCUT2D eigenvalue weighted by atomic mass is 10.1. The highest BCUT2D eigenvalue weighted by Crippen LogP contribution is 2.37. The molecule has 4 rings (SSSR count). The Hall–Kier alpha value is -3.71. The number of nitrogens with two attached hydrogens (primary N) is 1. The molecule has 4 aromatic rings. The van der Waals surface area contributed by atoms with E-state index < -0.39 is 5.25 Å². The van der Waals surface area contributed by atoms with Gasteiger partial charge in [-0.2, -0.15) is 0 Å². The Kier molecular flexibility index (Phi) is 6.77. The van der Waals surface area contributed by atoms with Crippen molar-refractivity contribution >= 4 is 23.4 Å². The monoisotopic (exact) mass is 444 g/mol. The first kappa shape index (κ1) is 21.5. The van der Waals surface area contributed by atoms with E-state index in [2.05, 4.69) is 10.3 Å². The lowest BCUT2D eigenvalue weighted by Gasteiger charge is -2.18. The standard InChI is InChI=1S/C25H24N4O2S/c1-2-31-22-16-10-9-15-20(22)27-24(30)23(19-13-7-4-8-14-19)32-25-28-21(17-29(25)26)18-11-5-3-6-12-18/h3-17,23H,2,26H2,1H3,(H,27,30). The highest BCUT2D eigenvalue weighted by molar-refractivity contribution is 8.00. The van der Waals surface area contributed by atoms with Gasteiger partial charge in [-0.05, 0) is 24.6 Å². The average Bonchev–Trinajstić information content (AvgIpc) is 3.20. The van der Waals surface area contributed by atoms with Crippen molar-refractivity contribution in [2.75, 3.05) is 17.8 Å². The van der Waals surface area contributed by atoms with Crippen LogP contribution in [-0.4, -0.2) is 22.2 Å². The number of nitrogen functional groups attached to an aromatic ring is 1. The zero-order valence-electron chi connectivity index (χ0n) is 17.6. The number of thioether (sulfide) groups is 1. The number of ether oxygens (including phenoxy) is 1. The third-order valence-corrected chi connectivity index (χ3v) is 6.01. The second-order valence-corrected chi connectivity index (χ2v) is 8.08. The molecule has 0 aliphatic rings. The van der Waals surface area contributed by atoms with E-state index in [1.54, 1.807) is 6.20 Å². The summed E-state index contributed by atoms with van der Waals surface area (Å²) in [6.07, 6.45) is 1.77. The van der Waals surface area contributed by atoms with Crippen LogP contribution in [0.3, 0.4) is 0 Å². The van der Waals surface area contributed by atoms with Crippen molar-refractivity contribution in [2.45, 2.75) is 17.3 Å². The van der Waals surface area contributed by atoms with Crippen molar-refractivity contribution < 1.29 is 9.53 Å². The van der Waals surface area contributed by atoms with Gasteiger partial charge in [-0.3, -0.25) is 4.79 Å². The van der Waals surface area contributed by atoms with Crippen LogP contribution in [0.4, 0.5) is 5.69 Å². The van der Waals surface area contributed by atoms with Gasteiger partial charge in [0.15, 0.2) is 5.16 Å². The van der Waals surface area contributed by atoms with Crippen molar-refractivity contribution in [3.63, 3.8) is 0 Å². The first-order chi connectivity index (χ1) is 15.7. The number of carbonyl (C=O) groups excluding carboxylic acids is 1. The van der Waals surface area contributed by atoms with Gasteiger partial charge in [-0.15, -0.1) is 0 Å². The Morgan fingerprint density at radius 2 is 1.69 bits per heavy atom. The molecule has 1 heterocycles. The fourth-order valence-corrected chi connectivity index (χ4v) is 4.26. The minimum atomic E-state index is -0.556. The van der Waals surface area contributed by atoms with Crippen molar-refractivity contribution in [1.29, 1.82) is 0 Å². The van der Waals surface area contributed by atoms with Crippen LogP contribution >= 0.6 is 11.8 Å². The van der Waals surface area contributed by atoms with Gasteiger partial charge in [-0.1, -0.05) is 84.6 Å². The topological polar surface area (TPSA) is 82.2 Å². The summed E-state index contributed by atoms with van der Waals surface area (Å²) in [7, 11) is 0. The molecule has 6 nitrogen and oxygen atoms in total. The molecule has 0 spiro atoms. The molecular formula is C25H24N4O2S. The van der Waals surface area contributed by atoms with E-state index in [9.17, 15) is 4.79 Å². The second kappa shape index (κ2) is 10.1. The molecule has 3 N–H and O–H groups in total. The number of hydrogen-bond acceptors (Lipinski definition) is 5. The zero-order chi connectivity index (χ0) is 22.3. The number of imidazole rings is 1. The molecule has 1 unspecified atom stereocenters. The molecular weight excluding hydrogens is 420 g/mol. The summed E-state index contributed by atoms with van der Waals surface area (Å²) < 4.78 is 7.12. The Balaban J connectivity index is 1.63. The first-order valence-corrected chi connectivity index (χ1v) is 11.2. The van der Waals surface area contributed by atoms with Crippen LogP contribution in [0.2, 0.25) is 0 Å². The highest BCUT2D eigenvalue weighted by Gasteiger charge is 2.25. The van der Waals surface area contributed by atoms with Gasteiger partial charge in [0, 0.05) is 5.56 Å². The minimum Gasteiger partial charge on any atom is -0.492 e. The molecule has 1 aromatic heterocycles. The van der Waals surface area contributed by atoms with E-state index >= 15 is 0 Å². The summed E-state index contributed by atoms with van der Waals surface area (Å²) in [5.74, 6) is 6.65. The summed E-state index contributed by atoms with van der Waals surface area (Å²) in [6.45, 7) is 2.42. The van der Waals surface area contributed by atoms with E-state index in [1.807, 2.05) is 91.9 Å². The fourth-order valence-electron chi connectivity index (χ4n) is 3.27. The van der Waals surface area contributed by atoms with Gasteiger partial charge < -0.3 is 15.9 Å². The van der Waals surface area contributed by atoms with E-state index in [1.165, 1.54) is 16.4 Å². The number of para-hydroxylation sites is 2. The Bertz CT molecular complexity index is 1180. The van der Waals surface area contributed by atoms with E-state index in [0.29, 0.717) is 23.2 Å². The van der Waals surface area contributed by atoms with Crippen molar-refractivity contribution in [1.82, 2.24) is 9.66 Å². The van der Waals surface area contributed by atoms with Crippen LogP contribution < -0.4 is 15.9 Å². The average molecular weight is 445 g/mol. The fraction of sp³-hybridized carbons (Fsp3) is 0.120. The Labute approximate surface area is 191 Å². The maximum absolute atomic E-state index is 13.4. The van der Waals surface area contributed by atoms with Crippen molar-refractivity contribution in [2.24, 2.45) is 0 Å². The summed E-state index contributed by atoms with van der Waals surface area (Å²) in [5.41, 5.74) is 3.20. The lowest BCUT2D eigenvalue weighted by molar-refractivity contribution is -0.115. The molecule has 7 heteroatoms. The number of nitrogens with zero attached hydrogens (tertiary/aromatic N) is 2. The largest absolute Gasteiger partial charge is 0.492 e. The minimum absolute atomic E-state index is 0.183. The molecule has 1 atom stereocenters. The molecule has 162 valence electrons.